The summed E-state index contributed by atoms with van der Waals surface area (Å²) >= 11 is 5.97. The number of hydrogen-bond acceptors (Lipinski definition) is 2. The molecule has 0 amide bonds. The highest BCUT2D eigenvalue weighted by Crippen LogP contribution is 2.33. The second-order valence-corrected chi connectivity index (χ2v) is 6.73. The summed E-state index contributed by atoms with van der Waals surface area (Å²) in [5.41, 5.74) is 1.62. The van der Waals surface area contributed by atoms with Crippen LogP contribution in [0.15, 0.2) is 22.9 Å². The summed E-state index contributed by atoms with van der Waals surface area (Å²) in [7, 11) is 0. The zero-order chi connectivity index (χ0) is 12.6. The molecule has 2 aliphatic heterocycles. The monoisotopic (exact) mass is 254 g/mol. The van der Waals surface area contributed by atoms with Gasteiger partial charge in [0.15, 0.2) is 0 Å². The lowest BCUT2D eigenvalue weighted by Gasteiger charge is -2.32. The van der Waals surface area contributed by atoms with Crippen LogP contribution in [0.1, 0.15) is 27.7 Å². The van der Waals surface area contributed by atoms with Crippen LogP contribution in [-0.4, -0.2) is 30.1 Å². The number of nitrogens with one attached hydrogen (secondary N) is 1. The van der Waals surface area contributed by atoms with Crippen LogP contribution in [0.2, 0.25) is 0 Å². The molecule has 1 saturated heterocycles. The molecule has 0 bridgehead atoms. The van der Waals surface area contributed by atoms with Gasteiger partial charge in [-0.05, 0) is 38.8 Å². The minimum atomic E-state index is 0.270. The fourth-order valence-electron chi connectivity index (χ4n) is 2.66. The predicted molar refractivity (Wildman–Crippen MR) is 74.0 cm³/mol. The molecule has 0 aromatic heterocycles. The molecular formula is C14H23ClN2. The number of likely N-dealkylation sites (tertiary alicyclic amines) is 1. The number of nitrogens with zero attached hydrogens (tertiary/aromatic N) is 1. The van der Waals surface area contributed by atoms with Crippen molar-refractivity contribution in [3.05, 3.63) is 22.9 Å². The molecule has 0 aromatic rings. The Morgan fingerprint density at radius 2 is 2.00 bits per heavy atom. The van der Waals surface area contributed by atoms with Gasteiger partial charge >= 0.3 is 0 Å². The Morgan fingerprint density at radius 3 is 2.47 bits per heavy atom. The molecule has 2 heterocycles. The van der Waals surface area contributed by atoms with Gasteiger partial charge in [0, 0.05) is 35.3 Å². The van der Waals surface area contributed by atoms with Crippen molar-refractivity contribution in [3.8, 4) is 0 Å². The van der Waals surface area contributed by atoms with Crippen molar-refractivity contribution in [1.29, 1.82) is 0 Å². The zero-order valence-electron chi connectivity index (χ0n) is 11.3. The Labute approximate surface area is 110 Å². The summed E-state index contributed by atoms with van der Waals surface area (Å²) in [6.07, 6.45) is 4.18. The fraction of sp³-hybridized carbons (Fsp3) is 0.714. The molecule has 2 unspecified atom stereocenters. The van der Waals surface area contributed by atoms with Crippen molar-refractivity contribution < 1.29 is 0 Å². The van der Waals surface area contributed by atoms with E-state index in [4.69, 9.17) is 11.6 Å². The first-order valence-electron chi connectivity index (χ1n) is 6.43. The maximum absolute atomic E-state index is 5.97. The van der Waals surface area contributed by atoms with Crippen molar-refractivity contribution >= 4 is 11.6 Å². The Balaban J connectivity index is 2.09. The third-order valence-corrected chi connectivity index (χ3v) is 4.13. The van der Waals surface area contributed by atoms with E-state index in [1.165, 1.54) is 12.2 Å². The first-order valence-corrected chi connectivity index (χ1v) is 6.81. The largest absolute Gasteiger partial charge is 0.383 e. The average molecular weight is 255 g/mol. The smallest absolute Gasteiger partial charge is 0.0505 e. The topological polar surface area (TPSA) is 15.3 Å². The first kappa shape index (κ1) is 13.0. The number of halogens is 1. The highest BCUT2D eigenvalue weighted by Gasteiger charge is 2.37. The minimum absolute atomic E-state index is 0.270. The lowest BCUT2D eigenvalue weighted by Crippen LogP contribution is -2.40. The van der Waals surface area contributed by atoms with Crippen LogP contribution in [0.4, 0.5) is 0 Å². The molecular weight excluding hydrogens is 232 g/mol. The van der Waals surface area contributed by atoms with E-state index in [0.717, 1.165) is 18.1 Å². The molecule has 0 saturated carbocycles. The van der Waals surface area contributed by atoms with E-state index >= 15 is 0 Å². The summed E-state index contributed by atoms with van der Waals surface area (Å²) in [5.74, 6) is 1.33. The number of dihydropyridines is 1. The van der Waals surface area contributed by atoms with Crippen molar-refractivity contribution in [2.45, 2.75) is 33.2 Å². The molecule has 2 aliphatic rings. The predicted octanol–water partition coefficient (Wildman–Crippen LogP) is 2.96. The molecule has 1 fully saturated rings. The number of allylic oxidation sites excluding steroid dienone is 2. The third-order valence-electron chi connectivity index (χ3n) is 3.87. The zero-order valence-corrected chi connectivity index (χ0v) is 12.0. The number of rotatable bonds is 1. The molecule has 96 valence electrons. The van der Waals surface area contributed by atoms with E-state index in [-0.39, 0.29) is 5.54 Å². The molecule has 0 spiro atoms. The van der Waals surface area contributed by atoms with Crippen molar-refractivity contribution in [3.63, 3.8) is 0 Å². The highest BCUT2D eigenvalue weighted by molar-refractivity contribution is 6.30. The minimum Gasteiger partial charge on any atom is -0.383 e. The second kappa shape index (κ2) is 4.66. The first-order chi connectivity index (χ1) is 7.88. The third kappa shape index (κ3) is 2.86. The molecule has 2 rings (SSSR count). The maximum atomic E-state index is 5.97. The molecule has 2 nitrogen and oxygen atoms in total. The maximum Gasteiger partial charge on any atom is 0.0505 e. The standard InChI is InChI=1S/C14H23ClN2/c1-10-8-17(14(2,3)4)9-12(10)13-6-5-11(15)7-16-13/h5-6,10,12,16H,7-9H2,1-4H3. The highest BCUT2D eigenvalue weighted by atomic mass is 35.5. The Bertz CT molecular complexity index is 352. The summed E-state index contributed by atoms with van der Waals surface area (Å²) in [6.45, 7) is 12.3. The summed E-state index contributed by atoms with van der Waals surface area (Å²) in [4.78, 5) is 2.57. The lowest BCUT2D eigenvalue weighted by atomic mass is 9.93. The lowest BCUT2D eigenvalue weighted by molar-refractivity contribution is 0.167. The van der Waals surface area contributed by atoms with Gasteiger partial charge < -0.3 is 5.32 Å². The number of hydrogen-bond donors (Lipinski definition) is 1. The van der Waals surface area contributed by atoms with Crippen molar-refractivity contribution in [1.82, 2.24) is 10.2 Å². The van der Waals surface area contributed by atoms with Crippen LogP contribution in [0, 0.1) is 11.8 Å². The van der Waals surface area contributed by atoms with E-state index in [1.807, 2.05) is 6.08 Å². The van der Waals surface area contributed by atoms with Gasteiger partial charge in [-0.25, -0.2) is 0 Å². The van der Waals surface area contributed by atoms with Gasteiger partial charge in [0.25, 0.3) is 0 Å². The second-order valence-electron chi connectivity index (χ2n) is 6.25. The van der Waals surface area contributed by atoms with E-state index in [1.54, 1.807) is 0 Å². The molecule has 0 radical (unpaired) electrons. The van der Waals surface area contributed by atoms with Gasteiger partial charge in [0.2, 0.25) is 0 Å². The summed E-state index contributed by atoms with van der Waals surface area (Å²) in [6, 6.07) is 0. The van der Waals surface area contributed by atoms with Crippen molar-refractivity contribution in [2.24, 2.45) is 11.8 Å². The van der Waals surface area contributed by atoms with Crippen LogP contribution < -0.4 is 5.32 Å². The van der Waals surface area contributed by atoms with Gasteiger partial charge in [-0.3, -0.25) is 4.90 Å². The van der Waals surface area contributed by atoms with Gasteiger partial charge in [0.1, 0.15) is 0 Å². The van der Waals surface area contributed by atoms with E-state index in [0.29, 0.717) is 11.8 Å². The molecule has 2 atom stereocenters. The fourth-order valence-corrected chi connectivity index (χ4v) is 2.79. The molecule has 17 heavy (non-hydrogen) atoms. The molecule has 0 aliphatic carbocycles. The quantitative estimate of drug-likeness (QED) is 0.774. The van der Waals surface area contributed by atoms with Gasteiger partial charge in [-0.1, -0.05) is 18.5 Å². The molecule has 0 aromatic carbocycles. The van der Waals surface area contributed by atoms with Crippen molar-refractivity contribution in [2.75, 3.05) is 19.6 Å². The van der Waals surface area contributed by atoms with E-state index < -0.39 is 0 Å². The van der Waals surface area contributed by atoms with Crippen LogP contribution in [0.3, 0.4) is 0 Å². The average Bonchev–Trinajstić information content (AvgIpc) is 2.61. The van der Waals surface area contributed by atoms with Crippen LogP contribution in [0.5, 0.6) is 0 Å². The van der Waals surface area contributed by atoms with E-state index in [2.05, 4.69) is 44.0 Å². The SMILES string of the molecule is CC1CN(C(C)(C)C)CC1C1=CC=C(Cl)CN1. The Kier molecular flexibility index (Phi) is 3.55. The Hall–Kier alpha value is -0.470. The summed E-state index contributed by atoms with van der Waals surface area (Å²) < 4.78 is 0. The van der Waals surface area contributed by atoms with Crippen LogP contribution in [-0.2, 0) is 0 Å². The molecule has 3 heteroatoms. The van der Waals surface area contributed by atoms with Crippen LogP contribution in [0.25, 0.3) is 0 Å². The Morgan fingerprint density at radius 1 is 1.29 bits per heavy atom. The van der Waals surface area contributed by atoms with Gasteiger partial charge in [0.05, 0.1) is 6.54 Å². The normalized spacial score (nSPS) is 30.9. The van der Waals surface area contributed by atoms with Gasteiger partial charge in [-0.15, -0.1) is 0 Å². The van der Waals surface area contributed by atoms with E-state index in [9.17, 15) is 0 Å². The molecule has 1 N–H and O–H groups in total. The van der Waals surface area contributed by atoms with Gasteiger partial charge in [-0.2, -0.15) is 0 Å². The van der Waals surface area contributed by atoms with Crippen LogP contribution >= 0.6 is 11.6 Å². The summed E-state index contributed by atoms with van der Waals surface area (Å²) in [5, 5.41) is 4.34.